The molecule has 0 heterocycles. The molecule has 0 saturated carbocycles. The lowest BCUT2D eigenvalue weighted by Gasteiger charge is -2.50. The zero-order valence-electron chi connectivity index (χ0n) is 6.94. The van der Waals surface area contributed by atoms with Crippen LogP contribution in [-0.4, -0.2) is 31.8 Å². The molecule has 2 rings (SSSR count). The number of hydrogen-bond acceptors (Lipinski definition) is 4. The number of aliphatic hydroxyl groups is 4. The molecule has 0 radical (unpaired) electrons. The van der Waals surface area contributed by atoms with E-state index in [1.165, 1.54) is 12.2 Å². The van der Waals surface area contributed by atoms with Gasteiger partial charge in [-0.3, -0.25) is 0 Å². The smallest absolute Gasteiger partial charge is 0.261 e. The molecule has 4 heteroatoms. The molecule has 0 aromatic rings. The Morgan fingerprint density at radius 2 is 1.67 bits per heavy atom. The molecule has 68 valence electrons. The molecule has 2 aliphatic carbocycles. The zero-order chi connectivity index (χ0) is 9.57. The van der Waals surface area contributed by atoms with Crippen LogP contribution >= 0.6 is 0 Å². The Balaban J connectivity index is 0.000000336. The monoisotopic (exact) mass is 172 g/mol. The van der Waals surface area contributed by atoms with Crippen molar-refractivity contribution in [1.29, 1.82) is 0 Å². The van der Waals surface area contributed by atoms with Crippen molar-refractivity contribution in [2.45, 2.75) is 25.2 Å². The minimum atomic E-state index is -2.46. The lowest BCUT2D eigenvalue weighted by Crippen LogP contribution is -2.66. The third-order valence-electron chi connectivity index (χ3n) is 2.02. The lowest BCUT2D eigenvalue weighted by molar-refractivity contribution is -0.264. The highest BCUT2D eigenvalue weighted by atomic mass is 16.6. The van der Waals surface area contributed by atoms with E-state index in [4.69, 9.17) is 20.4 Å². The summed E-state index contributed by atoms with van der Waals surface area (Å²) in [6.45, 7) is 4.00. The average molecular weight is 172 g/mol. The summed E-state index contributed by atoms with van der Waals surface area (Å²) in [5.41, 5.74) is -1.52. The van der Waals surface area contributed by atoms with Crippen molar-refractivity contribution in [3.8, 4) is 0 Å². The molecular formula is C8H12O4. The highest BCUT2D eigenvalue weighted by molar-refractivity contribution is 5.60. The Hall–Kier alpha value is -0.840. The van der Waals surface area contributed by atoms with Crippen LogP contribution in [0.25, 0.3) is 0 Å². The summed E-state index contributed by atoms with van der Waals surface area (Å²) in [4.78, 5) is 0. The van der Waals surface area contributed by atoms with E-state index in [-0.39, 0.29) is 5.57 Å². The summed E-state index contributed by atoms with van der Waals surface area (Å²) in [6, 6.07) is 0. The van der Waals surface area contributed by atoms with E-state index < -0.39 is 17.1 Å². The third kappa shape index (κ3) is 0.671. The first-order chi connectivity index (χ1) is 5.50. The second kappa shape index (κ2) is 2.32. The molecule has 0 bridgehead atoms. The van der Waals surface area contributed by atoms with Gasteiger partial charge in [-0.2, -0.15) is 0 Å². The maximum Gasteiger partial charge on any atom is 0.261 e. The van der Waals surface area contributed by atoms with Gasteiger partial charge in [0.05, 0.1) is 0 Å². The summed E-state index contributed by atoms with van der Waals surface area (Å²) < 4.78 is 0. The van der Waals surface area contributed by atoms with Crippen molar-refractivity contribution in [3.63, 3.8) is 0 Å². The Bertz CT molecular complexity index is 264. The van der Waals surface area contributed by atoms with E-state index in [2.05, 4.69) is 0 Å². The maximum absolute atomic E-state index is 9.16. The minimum Gasteiger partial charge on any atom is -0.506 e. The highest BCUT2D eigenvalue weighted by Crippen LogP contribution is 2.51. The predicted octanol–water partition coefficient (Wildman–Crippen LogP) is -0.180. The minimum absolute atomic E-state index is 0.192. The molecule has 4 nitrogen and oxygen atoms in total. The highest BCUT2D eigenvalue weighted by Gasteiger charge is 2.66. The van der Waals surface area contributed by atoms with Gasteiger partial charge in [-0.25, -0.2) is 0 Å². The Labute approximate surface area is 70.1 Å². The zero-order valence-corrected chi connectivity index (χ0v) is 6.94. The van der Waals surface area contributed by atoms with Crippen LogP contribution in [0, 0.1) is 0 Å². The lowest BCUT2D eigenvalue weighted by atomic mass is 9.65. The first-order valence-corrected chi connectivity index (χ1v) is 3.81. The second-order valence-corrected chi connectivity index (χ2v) is 2.53. The fraction of sp³-hybridized carbons (Fsp3) is 0.500. The van der Waals surface area contributed by atoms with Gasteiger partial charge in [-0.1, -0.05) is 19.9 Å². The van der Waals surface area contributed by atoms with E-state index in [1.54, 1.807) is 0 Å². The molecule has 0 spiro atoms. The summed E-state index contributed by atoms with van der Waals surface area (Å²) in [6.07, 6.45) is 2.65. The van der Waals surface area contributed by atoms with Gasteiger partial charge in [0.25, 0.3) is 5.79 Å². The molecule has 1 atom stereocenters. The van der Waals surface area contributed by atoms with Crippen molar-refractivity contribution in [3.05, 3.63) is 23.5 Å². The summed E-state index contributed by atoms with van der Waals surface area (Å²) in [5, 5.41) is 35.7. The van der Waals surface area contributed by atoms with Gasteiger partial charge in [0.1, 0.15) is 0 Å². The molecule has 2 aliphatic rings. The molecular weight excluding hydrogens is 160 g/mol. The van der Waals surface area contributed by atoms with Gasteiger partial charge in [0, 0.05) is 5.57 Å². The van der Waals surface area contributed by atoms with Crippen molar-refractivity contribution in [2.75, 3.05) is 0 Å². The molecule has 0 aromatic carbocycles. The molecule has 12 heavy (non-hydrogen) atoms. The molecule has 4 N–H and O–H groups in total. The molecule has 0 aromatic heterocycles. The Morgan fingerprint density at radius 1 is 1.17 bits per heavy atom. The third-order valence-corrected chi connectivity index (χ3v) is 2.02. The molecule has 0 amide bonds. The van der Waals surface area contributed by atoms with Gasteiger partial charge >= 0.3 is 0 Å². The Kier molecular flexibility index (Phi) is 1.79. The summed E-state index contributed by atoms with van der Waals surface area (Å²) >= 11 is 0. The van der Waals surface area contributed by atoms with Crippen LogP contribution in [0.5, 0.6) is 0 Å². The van der Waals surface area contributed by atoms with E-state index in [9.17, 15) is 0 Å². The largest absolute Gasteiger partial charge is 0.506 e. The SMILES string of the molecule is CC.OC1=C2C=CC2(O)C1(O)O. The second-order valence-electron chi connectivity index (χ2n) is 2.53. The van der Waals surface area contributed by atoms with Gasteiger partial charge in [0.2, 0.25) is 0 Å². The quantitative estimate of drug-likeness (QED) is 0.382. The number of rotatable bonds is 0. The molecule has 0 fully saturated rings. The van der Waals surface area contributed by atoms with Gasteiger partial charge in [0.15, 0.2) is 11.4 Å². The number of fused-ring (bicyclic) bond motifs is 1. The first-order valence-electron chi connectivity index (χ1n) is 3.81. The Morgan fingerprint density at radius 3 is 1.75 bits per heavy atom. The molecule has 1 unspecified atom stereocenters. The van der Waals surface area contributed by atoms with Crippen LogP contribution in [0.1, 0.15) is 13.8 Å². The van der Waals surface area contributed by atoms with Crippen LogP contribution in [0.15, 0.2) is 23.5 Å². The predicted molar refractivity (Wildman–Crippen MR) is 42.3 cm³/mol. The van der Waals surface area contributed by atoms with Crippen LogP contribution in [0.3, 0.4) is 0 Å². The van der Waals surface area contributed by atoms with Crippen LogP contribution in [0.2, 0.25) is 0 Å². The number of aliphatic hydroxyl groups excluding tert-OH is 1. The van der Waals surface area contributed by atoms with E-state index in [0.29, 0.717) is 0 Å². The summed E-state index contributed by atoms with van der Waals surface area (Å²) in [5.74, 6) is -3.02. The standard InChI is InChI=1S/C6H6O4.C2H6/c7-4-3-1-2-5(3,8)6(4,9)10;1-2/h1-2,7-10H;1-2H3. The van der Waals surface area contributed by atoms with Crippen molar-refractivity contribution < 1.29 is 20.4 Å². The van der Waals surface area contributed by atoms with Crippen molar-refractivity contribution in [1.82, 2.24) is 0 Å². The van der Waals surface area contributed by atoms with Crippen molar-refractivity contribution >= 4 is 0 Å². The molecule has 0 saturated heterocycles. The first kappa shape index (κ1) is 9.25. The van der Waals surface area contributed by atoms with Crippen LogP contribution in [-0.2, 0) is 0 Å². The van der Waals surface area contributed by atoms with Gasteiger partial charge in [-0.15, -0.1) is 0 Å². The van der Waals surface area contributed by atoms with Crippen molar-refractivity contribution in [2.24, 2.45) is 0 Å². The van der Waals surface area contributed by atoms with Crippen LogP contribution < -0.4 is 0 Å². The summed E-state index contributed by atoms with van der Waals surface area (Å²) in [7, 11) is 0. The van der Waals surface area contributed by atoms with Gasteiger partial charge in [-0.05, 0) is 6.08 Å². The van der Waals surface area contributed by atoms with E-state index in [0.717, 1.165) is 0 Å². The normalized spacial score (nSPS) is 34.1. The fourth-order valence-electron chi connectivity index (χ4n) is 1.19. The maximum atomic E-state index is 9.16. The topological polar surface area (TPSA) is 80.9 Å². The average Bonchev–Trinajstić information content (AvgIpc) is 2.04. The van der Waals surface area contributed by atoms with Gasteiger partial charge < -0.3 is 20.4 Å². The fourth-order valence-corrected chi connectivity index (χ4v) is 1.19. The molecule has 0 aliphatic heterocycles. The van der Waals surface area contributed by atoms with Crippen LogP contribution in [0.4, 0.5) is 0 Å². The van der Waals surface area contributed by atoms with E-state index >= 15 is 0 Å². The van der Waals surface area contributed by atoms with E-state index in [1.807, 2.05) is 13.8 Å². The number of hydrogen-bond donors (Lipinski definition) is 4.